The highest BCUT2D eigenvalue weighted by Gasteiger charge is 2.15. The summed E-state index contributed by atoms with van der Waals surface area (Å²) < 4.78 is 13.2. The number of aromatic hydroxyl groups is 1. The van der Waals surface area contributed by atoms with Gasteiger partial charge >= 0.3 is 0 Å². The van der Waals surface area contributed by atoms with Crippen LogP contribution in [0.2, 0.25) is 0 Å². The molecule has 0 aromatic heterocycles. The van der Waals surface area contributed by atoms with Gasteiger partial charge in [-0.1, -0.05) is 6.08 Å². The number of benzene rings is 1. The molecule has 0 saturated carbocycles. The zero-order valence-electron chi connectivity index (χ0n) is 9.19. The fourth-order valence-corrected chi connectivity index (χ4v) is 1.42. The second-order valence-corrected chi connectivity index (χ2v) is 3.48. The predicted molar refractivity (Wildman–Crippen MR) is 66.4 cm³/mol. The van der Waals surface area contributed by atoms with Gasteiger partial charge in [0.25, 0.3) is 0 Å². The first-order chi connectivity index (χ1) is 7.60. The molecule has 5 heteroatoms. The highest BCUT2D eigenvalue weighted by atomic mass is 35.5. The van der Waals surface area contributed by atoms with Crippen molar-refractivity contribution < 1.29 is 9.50 Å². The highest BCUT2D eigenvalue weighted by molar-refractivity contribution is 5.85. The summed E-state index contributed by atoms with van der Waals surface area (Å²) in [5.74, 6) is -1.29. The van der Waals surface area contributed by atoms with Crippen LogP contribution in [-0.2, 0) is 0 Å². The lowest BCUT2D eigenvalue weighted by Gasteiger charge is -2.13. The number of allylic oxidation sites excluding steroid dienone is 1. The maximum Gasteiger partial charge on any atom is 0.166 e. The van der Waals surface area contributed by atoms with Crippen LogP contribution in [0.3, 0.4) is 0 Å². The van der Waals surface area contributed by atoms with Crippen LogP contribution in [0.25, 0.3) is 0 Å². The smallest absolute Gasteiger partial charge is 0.166 e. The minimum atomic E-state index is -0.817. The van der Waals surface area contributed by atoms with E-state index in [2.05, 4.69) is 6.58 Å². The monoisotopic (exact) mass is 256 g/mol. The summed E-state index contributed by atoms with van der Waals surface area (Å²) >= 11 is 0. The van der Waals surface area contributed by atoms with Gasteiger partial charge in [-0.2, -0.15) is 5.26 Å². The van der Waals surface area contributed by atoms with Crippen LogP contribution < -0.4 is 5.73 Å². The Morgan fingerprint density at radius 2 is 2.24 bits per heavy atom. The molecule has 0 fully saturated rings. The van der Waals surface area contributed by atoms with Crippen LogP contribution in [0.4, 0.5) is 4.39 Å². The van der Waals surface area contributed by atoms with Crippen molar-refractivity contribution in [3.8, 4) is 11.8 Å². The Morgan fingerprint density at radius 1 is 1.59 bits per heavy atom. The molecule has 0 aliphatic rings. The maximum absolute atomic E-state index is 13.2. The largest absolute Gasteiger partial charge is 0.505 e. The molecule has 1 rings (SSSR count). The van der Waals surface area contributed by atoms with E-state index in [1.54, 1.807) is 6.08 Å². The van der Waals surface area contributed by atoms with Gasteiger partial charge < -0.3 is 10.8 Å². The molecule has 92 valence electrons. The third-order valence-electron chi connectivity index (χ3n) is 2.30. The van der Waals surface area contributed by atoms with Crippen molar-refractivity contribution in [2.75, 3.05) is 0 Å². The van der Waals surface area contributed by atoms with Crippen molar-refractivity contribution in [1.82, 2.24) is 0 Å². The van der Waals surface area contributed by atoms with Gasteiger partial charge in [0, 0.05) is 11.6 Å². The van der Waals surface area contributed by atoms with E-state index in [0.29, 0.717) is 12.8 Å². The van der Waals surface area contributed by atoms with E-state index in [-0.39, 0.29) is 23.5 Å². The average Bonchev–Trinajstić information content (AvgIpc) is 2.29. The number of halogens is 2. The Labute approximate surface area is 106 Å². The molecule has 0 aliphatic heterocycles. The van der Waals surface area contributed by atoms with Crippen molar-refractivity contribution in [3.63, 3.8) is 0 Å². The quantitative estimate of drug-likeness (QED) is 0.814. The minimum absolute atomic E-state index is 0. The lowest BCUT2D eigenvalue weighted by atomic mass is 9.99. The third kappa shape index (κ3) is 3.74. The Balaban J connectivity index is 0.00000256. The Morgan fingerprint density at radius 3 is 2.76 bits per heavy atom. The van der Waals surface area contributed by atoms with Crippen LogP contribution >= 0.6 is 12.4 Å². The van der Waals surface area contributed by atoms with Crippen LogP contribution in [0.15, 0.2) is 24.8 Å². The van der Waals surface area contributed by atoms with E-state index in [9.17, 15) is 9.50 Å². The van der Waals surface area contributed by atoms with E-state index in [4.69, 9.17) is 11.0 Å². The second-order valence-electron chi connectivity index (χ2n) is 3.48. The normalized spacial score (nSPS) is 11.1. The van der Waals surface area contributed by atoms with Crippen LogP contribution in [0.1, 0.15) is 30.0 Å². The summed E-state index contributed by atoms with van der Waals surface area (Å²) in [5, 5.41) is 18.2. The number of hydrogen-bond donors (Lipinski definition) is 2. The number of nitriles is 1. The molecular formula is C12H14ClFN2O. The van der Waals surface area contributed by atoms with Gasteiger partial charge in [-0.15, -0.1) is 19.0 Å². The number of hydrogen-bond acceptors (Lipinski definition) is 3. The van der Waals surface area contributed by atoms with Crippen molar-refractivity contribution in [2.24, 2.45) is 5.73 Å². The first-order valence-electron chi connectivity index (χ1n) is 4.89. The summed E-state index contributed by atoms with van der Waals surface area (Å²) in [7, 11) is 0. The molecule has 0 saturated heterocycles. The lowest BCUT2D eigenvalue weighted by molar-refractivity contribution is 0.418. The van der Waals surface area contributed by atoms with Crippen LogP contribution in [0, 0.1) is 17.1 Å². The van der Waals surface area contributed by atoms with Gasteiger partial charge in [0.2, 0.25) is 0 Å². The third-order valence-corrected chi connectivity index (χ3v) is 2.30. The molecule has 17 heavy (non-hydrogen) atoms. The summed E-state index contributed by atoms with van der Waals surface area (Å²) in [6.45, 7) is 3.56. The lowest BCUT2D eigenvalue weighted by Crippen LogP contribution is -2.11. The van der Waals surface area contributed by atoms with E-state index in [1.165, 1.54) is 6.07 Å². The minimum Gasteiger partial charge on any atom is -0.505 e. The molecule has 0 heterocycles. The fourth-order valence-electron chi connectivity index (χ4n) is 1.42. The standard InChI is InChI=1S/C12H13FN2O.ClH/c1-2-3-4-11(15)9-5-8(7-14)6-10(13)12(9)16;/h2,5-6,11,16H,1,3-4,15H2;1H/t11-;/m1./s1. The number of rotatable bonds is 4. The zero-order chi connectivity index (χ0) is 12.1. The first kappa shape index (κ1) is 15.4. The zero-order valence-corrected chi connectivity index (χ0v) is 10.0. The van der Waals surface area contributed by atoms with Gasteiger partial charge in [0.15, 0.2) is 11.6 Å². The molecule has 3 nitrogen and oxygen atoms in total. The second kappa shape index (κ2) is 6.89. The summed E-state index contributed by atoms with van der Waals surface area (Å²) in [5.41, 5.74) is 6.21. The summed E-state index contributed by atoms with van der Waals surface area (Å²) in [6.07, 6.45) is 2.91. The van der Waals surface area contributed by atoms with Gasteiger partial charge in [-0.05, 0) is 25.0 Å². The first-order valence-corrected chi connectivity index (χ1v) is 4.89. The highest BCUT2D eigenvalue weighted by Crippen LogP contribution is 2.29. The molecule has 1 atom stereocenters. The van der Waals surface area contributed by atoms with Crippen molar-refractivity contribution in [1.29, 1.82) is 5.26 Å². The van der Waals surface area contributed by atoms with Gasteiger partial charge in [0.05, 0.1) is 11.6 Å². The summed E-state index contributed by atoms with van der Waals surface area (Å²) in [6, 6.07) is 3.71. The van der Waals surface area contributed by atoms with E-state index in [1.807, 2.05) is 6.07 Å². The molecular weight excluding hydrogens is 243 g/mol. The SMILES string of the molecule is C=CCC[C@@H](N)c1cc(C#N)cc(F)c1O.Cl. The number of nitrogens with zero attached hydrogens (tertiary/aromatic N) is 1. The Hall–Kier alpha value is -1.57. The predicted octanol–water partition coefficient (Wildman–Crippen LogP) is 2.79. The average molecular weight is 257 g/mol. The molecule has 3 N–H and O–H groups in total. The number of phenols is 1. The molecule has 0 unspecified atom stereocenters. The van der Waals surface area contributed by atoms with Gasteiger partial charge in [-0.3, -0.25) is 0 Å². The van der Waals surface area contributed by atoms with E-state index >= 15 is 0 Å². The molecule has 1 aromatic rings. The van der Waals surface area contributed by atoms with E-state index in [0.717, 1.165) is 6.07 Å². The molecule has 0 spiro atoms. The number of phenolic OH excluding ortho intramolecular Hbond substituents is 1. The van der Waals surface area contributed by atoms with Crippen LogP contribution in [-0.4, -0.2) is 5.11 Å². The van der Waals surface area contributed by atoms with Crippen molar-refractivity contribution in [2.45, 2.75) is 18.9 Å². The van der Waals surface area contributed by atoms with Crippen molar-refractivity contribution >= 4 is 12.4 Å². The number of nitrogens with two attached hydrogens (primary N) is 1. The van der Waals surface area contributed by atoms with Gasteiger partial charge in [0.1, 0.15) is 0 Å². The topological polar surface area (TPSA) is 70.0 Å². The fraction of sp³-hybridized carbons (Fsp3) is 0.250. The molecule has 0 aliphatic carbocycles. The Bertz CT molecular complexity index is 443. The van der Waals surface area contributed by atoms with Crippen molar-refractivity contribution in [3.05, 3.63) is 41.7 Å². The molecule has 0 bridgehead atoms. The molecule has 1 aromatic carbocycles. The summed E-state index contributed by atoms with van der Waals surface area (Å²) in [4.78, 5) is 0. The Kier molecular flexibility index (Phi) is 6.26. The molecule has 0 radical (unpaired) electrons. The van der Waals surface area contributed by atoms with E-state index < -0.39 is 17.6 Å². The maximum atomic E-state index is 13.2. The van der Waals surface area contributed by atoms with Crippen LogP contribution in [0.5, 0.6) is 5.75 Å². The molecule has 0 amide bonds. The van der Waals surface area contributed by atoms with Gasteiger partial charge in [-0.25, -0.2) is 4.39 Å².